The second-order valence-electron chi connectivity index (χ2n) is 9.83. The summed E-state index contributed by atoms with van der Waals surface area (Å²) in [5.74, 6) is 7.98. The van der Waals surface area contributed by atoms with Crippen molar-refractivity contribution in [1.29, 1.82) is 0 Å². The molecule has 0 unspecified atom stereocenters. The summed E-state index contributed by atoms with van der Waals surface area (Å²) in [5.41, 5.74) is 11.1. The lowest BCUT2D eigenvalue weighted by Gasteiger charge is -2.28. The van der Waals surface area contributed by atoms with Gasteiger partial charge in [0.25, 0.3) is 0 Å². The van der Waals surface area contributed by atoms with E-state index in [1.54, 1.807) is 29.2 Å². The van der Waals surface area contributed by atoms with Crippen molar-refractivity contribution in [2.75, 3.05) is 48.9 Å². The average molecular weight is 573 g/mol. The van der Waals surface area contributed by atoms with Crippen LogP contribution in [0, 0.1) is 18.8 Å². The minimum Gasteiger partial charge on any atom is -0.477 e. The van der Waals surface area contributed by atoms with Gasteiger partial charge in [0.1, 0.15) is 16.5 Å². The normalized spacial score (nSPS) is 13.8. The molecule has 3 N–H and O–H groups in total. The second kappa shape index (κ2) is 12.9. The molecule has 41 heavy (non-hydrogen) atoms. The van der Waals surface area contributed by atoms with E-state index in [4.69, 9.17) is 26.8 Å². The third-order valence-corrected chi connectivity index (χ3v) is 6.92. The first kappa shape index (κ1) is 28.2. The van der Waals surface area contributed by atoms with Gasteiger partial charge in [0.2, 0.25) is 5.88 Å². The van der Waals surface area contributed by atoms with Gasteiger partial charge < -0.3 is 25.4 Å². The van der Waals surface area contributed by atoms with Crippen molar-refractivity contribution >= 4 is 28.8 Å². The van der Waals surface area contributed by atoms with Crippen LogP contribution in [0.1, 0.15) is 30.2 Å². The van der Waals surface area contributed by atoms with Gasteiger partial charge in [-0.1, -0.05) is 23.4 Å². The van der Waals surface area contributed by atoms with Crippen LogP contribution in [0.15, 0.2) is 48.8 Å². The van der Waals surface area contributed by atoms with E-state index in [1.807, 2.05) is 26.1 Å². The van der Waals surface area contributed by atoms with Gasteiger partial charge in [0.05, 0.1) is 36.8 Å². The van der Waals surface area contributed by atoms with Gasteiger partial charge in [-0.2, -0.15) is 5.10 Å². The summed E-state index contributed by atoms with van der Waals surface area (Å²) in [6, 6.07) is 11.8. The first-order valence-corrected chi connectivity index (χ1v) is 13.9. The Kier molecular flexibility index (Phi) is 8.87. The lowest BCUT2D eigenvalue weighted by atomic mass is 10.1. The maximum absolute atomic E-state index is 6.23. The molecule has 1 aromatic carbocycles. The number of pyridine rings is 1. The highest BCUT2D eigenvalue weighted by Gasteiger charge is 2.20. The lowest BCUT2D eigenvalue weighted by molar-refractivity contribution is 0.122. The number of nitrogen functional groups attached to an aromatic ring is 1. The maximum Gasteiger partial charge on any atom is 0.223 e. The van der Waals surface area contributed by atoms with Gasteiger partial charge in [-0.05, 0) is 50.2 Å². The van der Waals surface area contributed by atoms with Crippen molar-refractivity contribution in [2.45, 2.75) is 26.3 Å². The summed E-state index contributed by atoms with van der Waals surface area (Å²) in [7, 11) is 1.83. The molecule has 0 spiro atoms. The fourth-order valence-electron chi connectivity index (χ4n) is 4.59. The number of morpholine rings is 1. The van der Waals surface area contributed by atoms with Gasteiger partial charge in [-0.25, -0.2) is 19.6 Å². The number of ether oxygens (including phenoxy) is 2. The van der Waals surface area contributed by atoms with Gasteiger partial charge in [-0.15, -0.1) is 0 Å². The Morgan fingerprint density at radius 3 is 2.68 bits per heavy atom. The number of rotatable bonds is 8. The van der Waals surface area contributed by atoms with Crippen LogP contribution in [0.5, 0.6) is 5.88 Å². The summed E-state index contributed by atoms with van der Waals surface area (Å²) in [6.07, 6.45) is 4.03. The Morgan fingerprint density at radius 2 is 1.93 bits per heavy atom. The standard InChI is InChI=1S/C30H33ClN8O2/c1-20(11-15-41-30-28(21(2)37-38(30)3)29-33-12-10-27(32)36-29)35-25-18-26(31)34-19-23(25)7-4-22-5-8-24(9-6-22)39-13-16-40-17-14-39/h5-6,8-10,12,18-20H,11,13-17H2,1-3H3,(H,34,35)(H2,32,33,36)/t20-/m0/s1. The van der Waals surface area contributed by atoms with E-state index >= 15 is 0 Å². The van der Waals surface area contributed by atoms with Gasteiger partial charge in [-0.3, -0.25) is 0 Å². The lowest BCUT2D eigenvalue weighted by Crippen LogP contribution is -2.36. The van der Waals surface area contributed by atoms with E-state index < -0.39 is 0 Å². The van der Waals surface area contributed by atoms with E-state index in [9.17, 15) is 0 Å². The molecule has 1 saturated heterocycles. The fraction of sp³-hybridized carbons (Fsp3) is 0.333. The molecule has 5 rings (SSSR count). The average Bonchev–Trinajstić information content (AvgIpc) is 3.25. The Labute approximate surface area is 244 Å². The molecular formula is C30H33ClN8O2. The van der Waals surface area contributed by atoms with Crippen LogP contribution < -0.4 is 20.7 Å². The summed E-state index contributed by atoms with van der Waals surface area (Å²) in [4.78, 5) is 15.3. The molecule has 11 heteroatoms. The zero-order chi connectivity index (χ0) is 28.8. The molecule has 0 amide bonds. The van der Waals surface area contributed by atoms with Crippen LogP contribution in [0.2, 0.25) is 5.15 Å². The molecule has 1 atom stereocenters. The van der Waals surface area contributed by atoms with Crippen molar-refractivity contribution in [3.8, 4) is 29.1 Å². The first-order valence-electron chi connectivity index (χ1n) is 13.5. The van der Waals surface area contributed by atoms with Crippen molar-refractivity contribution in [2.24, 2.45) is 7.05 Å². The summed E-state index contributed by atoms with van der Waals surface area (Å²) >= 11 is 6.23. The number of anilines is 3. The van der Waals surface area contributed by atoms with E-state index in [0.717, 1.165) is 54.4 Å². The summed E-state index contributed by atoms with van der Waals surface area (Å²) in [6.45, 7) is 7.74. The second-order valence-corrected chi connectivity index (χ2v) is 10.2. The predicted octanol–water partition coefficient (Wildman–Crippen LogP) is 4.32. The number of aromatic nitrogens is 5. The molecule has 10 nitrogen and oxygen atoms in total. The predicted molar refractivity (Wildman–Crippen MR) is 161 cm³/mol. The van der Waals surface area contributed by atoms with Crippen molar-refractivity contribution in [3.05, 3.63) is 70.8 Å². The number of hydrogen-bond acceptors (Lipinski definition) is 9. The van der Waals surface area contributed by atoms with E-state index in [1.165, 1.54) is 5.69 Å². The van der Waals surface area contributed by atoms with Gasteiger partial charge in [0.15, 0.2) is 5.82 Å². The number of halogens is 1. The molecule has 3 aromatic heterocycles. The quantitative estimate of drug-likeness (QED) is 0.235. The van der Waals surface area contributed by atoms with Crippen LogP contribution in [0.3, 0.4) is 0 Å². The third-order valence-electron chi connectivity index (χ3n) is 6.72. The Morgan fingerprint density at radius 1 is 1.15 bits per heavy atom. The molecule has 0 aliphatic carbocycles. The zero-order valence-electron chi connectivity index (χ0n) is 23.4. The molecule has 1 fully saturated rings. The van der Waals surface area contributed by atoms with Crippen molar-refractivity contribution in [3.63, 3.8) is 0 Å². The monoisotopic (exact) mass is 572 g/mol. The topological polar surface area (TPSA) is 116 Å². The largest absolute Gasteiger partial charge is 0.477 e. The molecule has 1 aliphatic rings. The summed E-state index contributed by atoms with van der Waals surface area (Å²) in [5, 5.41) is 8.40. The molecule has 4 heterocycles. The number of nitrogens with two attached hydrogens (primary N) is 1. The zero-order valence-corrected chi connectivity index (χ0v) is 24.1. The number of aryl methyl sites for hydroxylation is 2. The Bertz CT molecular complexity index is 1560. The number of nitrogens with zero attached hydrogens (tertiary/aromatic N) is 6. The van der Waals surface area contributed by atoms with Crippen LogP contribution in [0.25, 0.3) is 11.4 Å². The molecule has 1 aliphatic heterocycles. The van der Waals surface area contributed by atoms with Crippen LogP contribution in [0.4, 0.5) is 17.2 Å². The minimum atomic E-state index is 0.0585. The van der Waals surface area contributed by atoms with E-state index in [2.05, 4.69) is 61.2 Å². The molecule has 4 aromatic rings. The molecule has 0 saturated carbocycles. The van der Waals surface area contributed by atoms with Crippen LogP contribution in [-0.4, -0.2) is 63.7 Å². The number of nitrogens with one attached hydrogen (secondary N) is 1. The Balaban J connectivity index is 1.23. The van der Waals surface area contributed by atoms with Gasteiger partial charge >= 0.3 is 0 Å². The minimum absolute atomic E-state index is 0.0585. The highest BCUT2D eigenvalue weighted by Crippen LogP contribution is 2.31. The third kappa shape index (κ3) is 7.06. The molecular weight excluding hydrogens is 540 g/mol. The SMILES string of the molecule is Cc1nn(C)c(OCC[C@H](C)Nc2cc(Cl)ncc2C#Cc2ccc(N3CCOCC3)cc2)c1-c1nccc(N)n1. The van der Waals surface area contributed by atoms with E-state index in [-0.39, 0.29) is 6.04 Å². The highest BCUT2D eigenvalue weighted by molar-refractivity contribution is 6.29. The molecule has 0 radical (unpaired) electrons. The van der Waals surface area contributed by atoms with Crippen molar-refractivity contribution < 1.29 is 9.47 Å². The van der Waals surface area contributed by atoms with Gasteiger partial charge in [0, 0.05) is 56.2 Å². The molecule has 0 bridgehead atoms. The highest BCUT2D eigenvalue weighted by atomic mass is 35.5. The van der Waals surface area contributed by atoms with Crippen molar-refractivity contribution in [1.82, 2.24) is 24.7 Å². The number of benzene rings is 1. The first-order chi connectivity index (χ1) is 19.9. The van der Waals surface area contributed by atoms with Crippen LogP contribution >= 0.6 is 11.6 Å². The maximum atomic E-state index is 6.23. The number of hydrogen-bond donors (Lipinski definition) is 2. The summed E-state index contributed by atoms with van der Waals surface area (Å²) < 4.78 is 13.3. The fourth-order valence-corrected chi connectivity index (χ4v) is 4.75. The smallest absolute Gasteiger partial charge is 0.223 e. The Hall–Kier alpha value is -4.33. The van der Waals surface area contributed by atoms with Crippen LogP contribution in [-0.2, 0) is 11.8 Å². The van der Waals surface area contributed by atoms with E-state index in [0.29, 0.717) is 35.7 Å². The molecule has 212 valence electrons.